The number of aryl methyl sites for hydroxylation is 1. The zero-order valence-electron chi connectivity index (χ0n) is 6.02. The van der Waals surface area contributed by atoms with E-state index in [2.05, 4.69) is 13.8 Å². The van der Waals surface area contributed by atoms with Crippen molar-refractivity contribution in [1.29, 1.82) is 0 Å². The third-order valence-electron chi connectivity index (χ3n) is 1.55. The molecule has 1 aromatic carbocycles. The Morgan fingerprint density at radius 3 is 2.70 bits per heavy atom. The summed E-state index contributed by atoms with van der Waals surface area (Å²) in [4.78, 5) is 0. The van der Waals surface area contributed by atoms with E-state index >= 15 is 0 Å². The Balaban J connectivity index is 3.07. The fourth-order valence-electron chi connectivity index (χ4n) is 0.939. The van der Waals surface area contributed by atoms with Gasteiger partial charge in [0, 0.05) is 5.02 Å². The third kappa shape index (κ3) is 1.51. The molecule has 0 aliphatic heterocycles. The molecule has 0 fully saturated rings. The molecule has 53 valence electrons. The van der Waals surface area contributed by atoms with Crippen LogP contribution in [0.15, 0.2) is 18.2 Å². The Hall–Kier alpha value is -0.490. The number of benzene rings is 1. The van der Waals surface area contributed by atoms with Gasteiger partial charge in [-0.25, -0.2) is 0 Å². The lowest BCUT2D eigenvalue weighted by Crippen LogP contribution is -1.84. The van der Waals surface area contributed by atoms with E-state index in [1.807, 2.05) is 18.2 Å². The van der Waals surface area contributed by atoms with Crippen LogP contribution in [-0.4, -0.2) is 0 Å². The van der Waals surface area contributed by atoms with Gasteiger partial charge in [-0.2, -0.15) is 0 Å². The summed E-state index contributed by atoms with van der Waals surface area (Å²) in [5.41, 5.74) is 2.31. The first-order valence-corrected chi connectivity index (χ1v) is 3.72. The SMILES string of the molecule is [CH2]c1cc(Cl)ccc1CC. The molecule has 0 aliphatic rings. The van der Waals surface area contributed by atoms with E-state index < -0.39 is 0 Å². The van der Waals surface area contributed by atoms with E-state index in [1.54, 1.807) is 0 Å². The quantitative estimate of drug-likeness (QED) is 0.582. The van der Waals surface area contributed by atoms with E-state index in [0.29, 0.717) is 0 Å². The predicted octanol–water partition coefficient (Wildman–Crippen LogP) is 3.08. The lowest BCUT2D eigenvalue weighted by molar-refractivity contribution is 1.13. The summed E-state index contributed by atoms with van der Waals surface area (Å²) >= 11 is 5.73. The molecule has 0 aromatic heterocycles. The first-order valence-electron chi connectivity index (χ1n) is 3.34. The van der Waals surface area contributed by atoms with Crippen LogP contribution in [0.2, 0.25) is 5.02 Å². The molecule has 1 aromatic rings. The monoisotopic (exact) mass is 153 g/mol. The minimum Gasteiger partial charge on any atom is -0.0843 e. The zero-order valence-corrected chi connectivity index (χ0v) is 6.78. The van der Waals surface area contributed by atoms with Crippen molar-refractivity contribution in [1.82, 2.24) is 0 Å². The van der Waals surface area contributed by atoms with E-state index in [1.165, 1.54) is 5.56 Å². The van der Waals surface area contributed by atoms with Crippen molar-refractivity contribution in [3.63, 3.8) is 0 Å². The van der Waals surface area contributed by atoms with Crippen molar-refractivity contribution in [2.75, 3.05) is 0 Å². The molecule has 0 unspecified atom stereocenters. The minimum absolute atomic E-state index is 0.766. The molecule has 0 heterocycles. The van der Waals surface area contributed by atoms with Crippen LogP contribution in [0.25, 0.3) is 0 Å². The molecule has 0 spiro atoms. The van der Waals surface area contributed by atoms with Gasteiger partial charge in [0.2, 0.25) is 0 Å². The standard InChI is InChI=1S/C9H10Cl/c1-3-8-4-5-9(10)6-7(8)2/h4-6H,2-3H2,1H3. The molecule has 0 atom stereocenters. The highest BCUT2D eigenvalue weighted by Gasteiger charge is 1.94. The van der Waals surface area contributed by atoms with Crippen molar-refractivity contribution in [3.05, 3.63) is 41.3 Å². The van der Waals surface area contributed by atoms with Gasteiger partial charge in [0.15, 0.2) is 0 Å². The largest absolute Gasteiger partial charge is 0.0843 e. The van der Waals surface area contributed by atoms with Crippen LogP contribution in [0, 0.1) is 6.92 Å². The summed E-state index contributed by atoms with van der Waals surface area (Å²) in [6.45, 7) is 5.98. The third-order valence-corrected chi connectivity index (χ3v) is 1.78. The number of hydrogen-bond donors (Lipinski definition) is 0. The number of hydrogen-bond acceptors (Lipinski definition) is 0. The summed E-state index contributed by atoms with van der Waals surface area (Å²) in [5.74, 6) is 0. The topological polar surface area (TPSA) is 0 Å². The van der Waals surface area contributed by atoms with Gasteiger partial charge in [-0.15, -0.1) is 0 Å². The summed E-state index contributed by atoms with van der Waals surface area (Å²) in [7, 11) is 0. The van der Waals surface area contributed by atoms with Crippen LogP contribution in [0.1, 0.15) is 18.1 Å². The molecule has 0 amide bonds. The molecular formula is C9H10Cl. The second kappa shape index (κ2) is 3.07. The lowest BCUT2D eigenvalue weighted by atomic mass is 10.1. The molecule has 0 saturated heterocycles. The fraction of sp³-hybridized carbons (Fsp3) is 0.222. The summed E-state index contributed by atoms with van der Waals surface area (Å²) in [6.07, 6.45) is 1.02. The average Bonchev–Trinajstić information content (AvgIpc) is 1.88. The second-order valence-corrected chi connectivity index (χ2v) is 2.70. The van der Waals surface area contributed by atoms with Gasteiger partial charge >= 0.3 is 0 Å². The molecule has 0 aliphatic carbocycles. The molecular weight excluding hydrogens is 144 g/mol. The molecule has 1 rings (SSSR count). The van der Waals surface area contributed by atoms with Gasteiger partial charge in [0.25, 0.3) is 0 Å². The van der Waals surface area contributed by atoms with Gasteiger partial charge in [0.1, 0.15) is 0 Å². The smallest absolute Gasteiger partial charge is 0.0408 e. The Morgan fingerprint density at radius 1 is 1.50 bits per heavy atom. The Kier molecular flexibility index (Phi) is 2.34. The summed E-state index contributed by atoms with van der Waals surface area (Å²) < 4.78 is 0. The first kappa shape index (κ1) is 7.62. The van der Waals surface area contributed by atoms with Crippen molar-refractivity contribution in [2.24, 2.45) is 0 Å². The maximum Gasteiger partial charge on any atom is 0.0408 e. The summed E-state index contributed by atoms with van der Waals surface area (Å²) in [6, 6.07) is 5.81. The van der Waals surface area contributed by atoms with E-state index in [-0.39, 0.29) is 0 Å². The van der Waals surface area contributed by atoms with Gasteiger partial charge in [-0.1, -0.05) is 24.6 Å². The van der Waals surface area contributed by atoms with Crippen molar-refractivity contribution in [2.45, 2.75) is 13.3 Å². The van der Waals surface area contributed by atoms with Crippen molar-refractivity contribution < 1.29 is 0 Å². The maximum atomic E-state index is 5.73. The van der Waals surface area contributed by atoms with Crippen LogP contribution >= 0.6 is 11.6 Å². The molecule has 0 bridgehead atoms. The highest BCUT2D eigenvalue weighted by Crippen LogP contribution is 2.14. The highest BCUT2D eigenvalue weighted by atomic mass is 35.5. The lowest BCUT2D eigenvalue weighted by Gasteiger charge is -2.00. The van der Waals surface area contributed by atoms with Crippen LogP contribution in [0.4, 0.5) is 0 Å². The van der Waals surface area contributed by atoms with Gasteiger partial charge in [-0.05, 0) is 36.6 Å². The second-order valence-electron chi connectivity index (χ2n) is 2.27. The average molecular weight is 154 g/mol. The van der Waals surface area contributed by atoms with Crippen LogP contribution in [-0.2, 0) is 6.42 Å². The fourth-order valence-corrected chi connectivity index (χ4v) is 1.13. The van der Waals surface area contributed by atoms with Gasteiger partial charge < -0.3 is 0 Å². The van der Waals surface area contributed by atoms with E-state index in [4.69, 9.17) is 11.6 Å². The normalized spacial score (nSPS) is 9.90. The Bertz CT molecular complexity index is 228. The van der Waals surface area contributed by atoms with Gasteiger partial charge in [0.05, 0.1) is 0 Å². The molecule has 10 heavy (non-hydrogen) atoms. The molecule has 1 heteroatoms. The molecule has 1 radical (unpaired) electrons. The van der Waals surface area contributed by atoms with Crippen LogP contribution in [0.5, 0.6) is 0 Å². The number of halogens is 1. The highest BCUT2D eigenvalue weighted by molar-refractivity contribution is 6.30. The van der Waals surface area contributed by atoms with Crippen LogP contribution < -0.4 is 0 Å². The van der Waals surface area contributed by atoms with E-state index in [0.717, 1.165) is 17.0 Å². The van der Waals surface area contributed by atoms with Crippen molar-refractivity contribution in [3.8, 4) is 0 Å². The Labute approximate surface area is 66.8 Å². The van der Waals surface area contributed by atoms with E-state index in [9.17, 15) is 0 Å². The van der Waals surface area contributed by atoms with Crippen LogP contribution in [0.3, 0.4) is 0 Å². The first-order chi connectivity index (χ1) is 4.74. The summed E-state index contributed by atoms with van der Waals surface area (Å²) in [5, 5.41) is 0.766. The number of rotatable bonds is 1. The molecule has 0 saturated carbocycles. The molecule has 0 nitrogen and oxygen atoms in total. The van der Waals surface area contributed by atoms with Crippen molar-refractivity contribution >= 4 is 11.6 Å². The van der Waals surface area contributed by atoms with Gasteiger partial charge in [-0.3, -0.25) is 0 Å². The predicted molar refractivity (Wildman–Crippen MR) is 45.3 cm³/mol. The zero-order chi connectivity index (χ0) is 7.56. The minimum atomic E-state index is 0.766. The maximum absolute atomic E-state index is 5.73. The molecule has 0 N–H and O–H groups in total. The Morgan fingerprint density at radius 2 is 2.20 bits per heavy atom.